The second-order valence-electron chi connectivity index (χ2n) is 7.03. The second-order valence-corrected chi connectivity index (χ2v) is 8.09. The van der Waals surface area contributed by atoms with Crippen LogP contribution in [0.15, 0.2) is 48.5 Å². The lowest BCUT2D eigenvalue weighted by Gasteiger charge is -2.19. The molecule has 0 unspecified atom stereocenters. The normalized spacial score (nSPS) is 11.3. The second kappa shape index (κ2) is 7.84. The Kier molecular flexibility index (Phi) is 5.51. The van der Waals surface area contributed by atoms with Crippen LogP contribution in [0.25, 0.3) is 0 Å². The van der Waals surface area contributed by atoms with Crippen LogP contribution in [0.4, 0.5) is 9.52 Å². The van der Waals surface area contributed by atoms with Crippen LogP contribution in [0.3, 0.4) is 0 Å². The quantitative estimate of drug-likeness (QED) is 0.685. The van der Waals surface area contributed by atoms with E-state index >= 15 is 0 Å². The third-order valence-corrected chi connectivity index (χ3v) is 4.69. The highest BCUT2D eigenvalue weighted by molar-refractivity contribution is 7.15. The first-order chi connectivity index (χ1) is 12.8. The van der Waals surface area contributed by atoms with Gasteiger partial charge in [0.25, 0.3) is 5.91 Å². The molecule has 5 nitrogen and oxygen atoms in total. The number of benzene rings is 2. The number of amides is 1. The zero-order chi connectivity index (χ0) is 19.4. The molecule has 3 aromatic rings. The van der Waals surface area contributed by atoms with Crippen molar-refractivity contribution in [3.05, 3.63) is 70.5 Å². The maximum absolute atomic E-state index is 12.9. The molecule has 0 fully saturated rings. The van der Waals surface area contributed by atoms with Crippen LogP contribution in [0.2, 0.25) is 0 Å². The summed E-state index contributed by atoms with van der Waals surface area (Å²) in [6.07, 6.45) is 0. The first-order valence-corrected chi connectivity index (χ1v) is 9.25. The van der Waals surface area contributed by atoms with E-state index in [9.17, 15) is 9.18 Å². The Hall–Kier alpha value is -2.80. The van der Waals surface area contributed by atoms with Crippen LogP contribution >= 0.6 is 11.3 Å². The minimum Gasteiger partial charge on any atom is -0.486 e. The lowest BCUT2D eigenvalue weighted by Crippen LogP contribution is -2.11. The number of nitrogens with one attached hydrogen (secondary N) is 1. The number of ether oxygens (including phenoxy) is 1. The molecule has 2 aromatic carbocycles. The summed E-state index contributed by atoms with van der Waals surface area (Å²) in [5.74, 6) is -0.0103. The molecule has 27 heavy (non-hydrogen) atoms. The van der Waals surface area contributed by atoms with Gasteiger partial charge in [0, 0.05) is 5.56 Å². The third kappa shape index (κ3) is 5.10. The van der Waals surface area contributed by atoms with Gasteiger partial charge in [0.05, 0.1) is 0 Å². The van der Waals surface area contributed by atoms with E-state index in [0.29, 0.717) is 15.7 Å². The Morgan fingerprint density at radius 2 is 1.74 bits per heavy atom. The molecule has 0 aliphatic rings. The highest BCUT2D eigenvalue weighted by atomic mass is 32.1. The van der Waals surface area contributed by atoms with E-state index in [-0.39, 0.29) is 17.9 Å². The highest BCUT2D eigenvalue weighted by Gasteiger charge is 2.14. The predicted octanol–water partition coefficient (Wildman–Crippen LogP) is 4.81. The summed E-state index contributed by atoms with van der Waals surface area (Å²) >= 11 is 1.23. The summed E-state index contributed by atoms with van der Waals surface area (Å²) in [4.78, 5) is 12.1. The number of carbonyl (C=O) groups is 1. The van der Waals surface area contributed by atoms with E-state index in [2.05, 4.69) is 36.3 Å². The zero-order valence-corrected chi connectivity index (χ0v) is 16.1. The van der Waals surface area contributed by atoms with Crippen molar-refractivity contribution < 1.29 is 13.9 Å². The number of carbonyl (C=O) groups excluding carboxylic acids is 1. The molecule has 1 amide bonds. The Morgan fingerprint density at radius 1 is 1.07 bits per heavy atom. The van der Waals surface area contributed by atoms with Gasteiger partial charge in [-0.3, -0.25) is 10.1 Å². The van der Waals surface area contributed by atoms with E-state index < -0.39 is 5.82 Å². The number of hydrogen-bond donors (Lipinski definition) is 1. The van der Waals surface area contributed by atoms with Gasteiger partial charge in [-0.2, -0.15) is 0 Å². The molecule has 3 rings (SSSR count). The largest absolute Gasteiger partial charge is 0.486 e. The van der Waals surface area contributed by atoms with Gasteiger partial charge >= 0.3 is 0 Å². The van der Waals surface area contributed by atoms with Gasteiger partial charge in [-0.1, -0.05) is 44.2 Å². The number of anilines is 1. The van der Waals surface area contributed by atoms with Crippen molar-refractivity contribution in [2.75, 3.05) is 5.32 Å². The molecule has 0 saturated heterocycles. The maximum Gasteiger partial charge on any atom is 0.257 e. The van der Waals surface area contributed by atoms with E-state index in [1.807, 2.05) is 24.3 Å². The molecule has 0 spiro atoms. The van der Waals surface area contributed by atoms with E-state index in [0.717, 1.165) is 5.75 Å². The van der Waals surface area contributed by atoms with Crippen LogP contribution in [-0.4, -0.2) is 16.1 Å². The molecule has 0 saturated carbocycles. The molecule has 0 aliphatic carbocycles. The lowest BCUT2D eigenvalue weighted by atomic mass is 9.87. The van der Waals surface area contributed by atoms with Gasteiger partial charge in [0.1, 0.15) is 18.2 Å². The van der Waals surface area contributed by atoms with Crippen molar-refractivity contribution in [2.45, 2.75) is 32.8 Å². The number of nitrogens with zero attached hydrogens (tertiary/aromatic N) is 2. The lowest BCUT2D eigenvalue weighted by molar-refractivity contribution is 0.102. The average Bonchev–Trinajstić information content (AvgIpc) is 3.07. The monoisotopic (exact) mass is 385 g/mol. The van der Waals surface area contributed by atoms with E-state index in [4.69, 9.17) is 4.74 Å². The van der Waals surface area contributed by atoms with Crippen molar-refractivity contribution in [3.8, 4) is 5.75 Å². The first-order valence-electron chi connectivity index (χ1n) is 8.44. The Bertz CT molecular complexity index is 916. The van der Waals surface area contributed by atoms with Crippen molar-refractivity contribution in [2.24, 2.45) is 0 Å². The summed E-state index contributed by atoms with van der Waals surface area (Å²) in [5, 5.41) is 11.6. The summed E-state index contributed by atoms with van der Waals surface area (Å²) in [6, 6.07) is 13.2. The predicted molar refractivity (Wildman–Crippen MR) is 104 cm³/mol. The van der Waals surface area contributed by atoms with Crippen LogP contribution in [0.1, 0.15) is 41.7 Å². The van der Waals surface area contributed by atoms with Crippen molar-refractivity contribution in [1.82, 2.24) is 10.2 Å². The fourth-order valence-electron chi connectivity index (χ4n) is 2.33. The SMILES string of the molecule is CC(C)(C)c1ccc(OCc2nnc(NC(=O)c3ccc(F)cc3)s2)cc1. The van der Waals surface area contributed by atoms with E-state index in [1.165, 1.54) is 41.2 Å². The Balaban J connectivity index is 1.56. The smallest absolute Gasteiger partial charge is 0.257 e. The minimum atomic E-state index is -0.391. The van der Waals surface area contributed by atoms with Crippen molar-refractivity contribution >= 4 is 22.4 Å². The average molecular weight is 385 g/mol. The minimum absolute atomic E-state index is 0.0926. The van der Waals surface area contributed by atoms with Crippen LogP contribution in [0, 0.1) is 5.82 Å². The fraction of sp³-hybridized carbons (Fsp3) is 0.250. The van der Waals surface area contributed by atoms with Gasteiger partial charge in [-0.15, -0.1) is 10.2 Å². The van der Waals surface area contributed by atoms with Gasteiger partial charge in [0.15, 0.2) is 5.01 Å². The van der Waals surface area contributed by atoms with Gasteiger partial charge in [-0.05, 0) is 47.4 Å². The van der Waals surface area contributed by atoms with Gasteiger partial charge in [-0.25, -0.2) is 4.39 Å². The standard InChI is InChI=1S/C20H20FN3O2S/c1-20(2,3)14-6-10-16(11-7-14)26-12-17-23-24-19(27-17)22-18(25)13-4-8-15(21)9-5-13/h4-11H,12H2,1-3H3,(H,22,24,25). The van der Waals surface area contributed by atoms with Crippen molar-refractivity contribution in [3.63, 3.8) is 0 Å². The molecule has 1 heterocycles. The number of aromatic nitrogens is 2. The molecule has 7 heteroatoms. The molecule has 0 atom stereocenters. The topological polar surface area (TPSA) is 64.1 Å². The Morgan fingerprint density at radius 3 is 2.37 bits per heavy atom. The zero-order valence-electron chi connectivity index (χ0n) is 15.3. The summed E-state index contributed by atoms with van der Waals surface area (Å²) in [6.45, 7) is 6.74. The van der Waals surface area contributed by atoms with Crippen LogP contribution in [0.5, 0.6) is 5.75 Å². The maximum atomic E-state index is 12.9. The Labute approximate surface area is 161 Å². The molecular weight excluding hydrogens is 365 g/mol. The number of rotatable bonds is 5. The molecule has 1 aromatic heterocycles. The molecule has 1 N–H and O–H groups in total. The summed E-state index contributed by atoms with van der Waals surface area (Å²) in [7, 11) is 0. The highest BCUT2D eigenvalue weighted by Crippen LogP contribution is 2.25. The fourth-order valence-corrected chi connectivity index (χ4v) is 2.98. The third-order valence-electron chi connectivity index (χ3n) is 3.88. The number of halogens is 1. The molecule has 0 radical (unpaired) electrons. The number of hydrogen-bond acceptors (Lipinski definition) is 5. The summed E-state index contributed by atoms with van der Waals surface area (Å²) in [5.41, 5.74) is 1.68. The van der Waals surface area contributed by atoms with Crippen LogP contribution < -0.4 is 10.1 Å². The van der Waals surface area contributed by atoms with Gasteiger partial charge < -0.3 is 4.74 Å². The molecular formula is C20H20FN3O2S. The van der Waals surface area contributed by atoms with Crippen LogP contribution in [-0.2, 0) is 12.0 Å². The van der Waals surface area contributed by atoms with Gasteiger partial charge in [0.2, 0.25) is 5.13 Å². The summed E-state index contributed by atoms with van der Waals surface area (Å²) < 4.78 is 18.6. The van der Waals surface area contributed by atoms with E-state index in [1.54, 1.807) is 0 Å². The van der Waals surface area contributed by atoms with Crippen molar-refractivity contribution in [1.29, 1.82) is 0 Å². The molecule has 140 valence electrons. The molecule has 0 aliphatic heterocycles. The first kappa shape index (κ1) is 19.0. The molecule has 0 bridgehead atoms.